The van der Waals surface area contributed by atoms with Gasteiger partial charge in [0.2, 0.25) is 11.8 Å². The number of carbonyl (C=O) groups excluding carboxylic acids is 4. The van der Waals surface area contributed by atoms with E-state index in [1.54, 1.807) is 18.2 Å². The van der Waals surface area contributed by atoms with Gasteiger partial charge in [-0.3, -0.25) is 34.3 Å². The molecule has 3 heterocycles. The Morgan fingerprint density at radius 3 is 2.45 bits per heavy atom. The van der Waals surface area contributed by atoms with Crippen molar-refractivity contribution in [3.8, 4) is 0 Å². The van der Waals surface area contributed by atoms with Gasteiger partial charge >= 0.3 is 0 Å². The van der Waals surface area contributed by atoms with E-state index >= 15 is 0 Å². The first kappa shape index (κ1) is 24.3. The van der Waals surface area contributed by atoms with Crippen LogP contribution < -0.4 is 10.6 Å². The molecule has 0 bridgehead atoms. The summed E-state index contributed by atoms with van der Waals surface area (Å²) in [4.78, 5) is 53.6. The lowest BCUT2D eigenvalue weighted by Crippen LogP contribution is -2.54. The summed E-state index contributed by atoms with van der Waals surface area (Å²) < 4.78 is 0. The normalized spacial score (nSPS) is 21.7. The number of rotatable bonds is 7. The second-order valence-corrected chi connectivity index (χ2v) is 10.4. The number of hydrogen-bond donors (Lipinski definition) is 2. The third-order valence-corrected chi connectivity index (χ3v) is 7.83. The molecule has 3 aliphatic heterocycles. The van der Waals surface area contributed by atoms with Crippen LogP contribution in [0.25, 0.3) is 0 Å². The zero-order valence-corrected chi connectivity index (χ0v) is 21.1. The molecule has 8 nitrogen and oxygen atoms in total. The topological polar surface area (TPSA) is 98.8 Å². The van der Waals surface area contributed by atoms with E-state index < -0.39 is 23.8 Å². The molecule has 2 N–H and O–H groups in total. The summed E-state index contributed by atoms with van der Waals surface area (Å²) in [5, 5.41) is 5.53. The van der Waals surface area contributed by atoms with E-state index in [0.717, 1.165) is 42.9 Å². The third-order valence-electron chi connectivity index (χ3n) is 7.83. The van der Waals surface area contributed by atoms with Crippen LogP contribution in [-0.4, -0.2) is 52.6 Å². The van der Waals surface area contributed by atoms with Crippen LogP contribution in [0.2, 0.25) is 0 Å². The van der Waals surface area contributed by atoms with Crippen molar-refractivity contribution >= 4 is 29.3 Å². The molecule has 4 amide bonds. The first-order valence-corrected chi connectivity index (χ1v) is 13.2. The molecule has 194 valence electrons. The molecule has 6 rings (SSSR count). The smallest absolute Gasteiger partial charge is 0.264 e. The summed E-state index contributed by atoms with van der Waals surface area (Å²) in [7, 11) is 0. The fourth-order valence-electron chi connectivity index (χ4n) is 5.73. The number of nitrogens with zero attached hydrogens (tertiary/aromatic N) is 2. The fraction of sp³-hybridized carbons (Fsp3) is 0.333. The van der Waals surface area contributed by atoms with Crippen LogP contribution in [0.15, 0.2) is 66.3 Å². The highest BCUT2D eigenvalue weighted by Crippen LogP contribution is 2.33. The lowest BCUT2D eigenvalue weighted by Gasteiger charge is -2.40. The number of benzene rings is 2. The number of imide groups is 2. The van der Waals surface area contributed by atoms with Crippen LogP contribution in [-0.2, 0) is 22.7 Å². The molecule has 2 fully saturated rings. The van der Waals surface area contributed by atoms with Gasteiger partial charge in [-0.25, -0.2) is 0 Å². The van der Waals surface area contributed by atoms with Crippen molar-refractivity contribution in [1.82, 2.24) is 15.1 Å². The molecule has 38 heavy (non-hydrogen) atoms. The largest absolute Gasteiger partial charge is 0.380 e. The average Bonchev–Trinajstić information content (AvgIpc) is 3.16. The number of anilines is 1. The van der Waals surface area contributed by atoms with Gasteiger partial charge in [0.05, 0.1) is 11.1 Å². The minimum atomic E-state index is -0.974. The standard InChI is InChI=1S/C30H30N4O4/c35-26-14-13-25(28(36)32-26)34-29(37)23-7-4-8-24(27(23)30(34)38)31-15-19-9-11-20(12-10-19)16-33-17-22(18-33)21-5-2-1-3-6-21/h2,4-12,22,25,31H,1,3,13-18H2,(H,32,35,36). The van der Waals surface area contributed by atoms with Gasteiger partial charge in [0.15, 0.2) is 0 Å². The summed E-state index contributed by atoms with van der Waals surface area (Å²) in [5.41, 5.74) is 4.91. The first-order chi connectivity index (χ1) is 18.5. The van der Waals surface area contributed by atoms with E-state index in [9.17, 15) is 19.2 Å². The molecule has 0 spiro atoms. The molecule has 2 aromatic carbocycles. The molecular formula is C30H30N4O4. The quantitative estimate of drug-likeness (QED) is 0.554. The summed E-state index contributed by atoms with van der Waals surface area (Å²) in [6.45, 7) is 3.62. The SMILES string of the molecule is O=C1CCC(N2C(=O)c3cccc(NCc4ccc(CN5CC(C6=CCCC=C6)C5)cc4)c3C2=O)C(=O)N1. The molecular weight excluding hydrogens is 480 g/mol. The lowest BCUT2D eigenvalue weighted by atomic mass is 9.87. The third kappa shape index (κ3) is 4.56. The van der Waals surface area contributed by atoms with Gasteiger partial charge in [0.25, 0.3) is 11.8 Å². The average molecular weight is 511 g/mol. The Morgan fingerprint density at radius 2 is 1.71 bits per heavy atom. The van der Waals surface area contributed by atoms with Gasteiger partial charge in [-0.05, 0) is 48.1 Å². The van der Waals surface area contributed by atoms with Crippen molar-refractivity contribution in [3.63, 3.8) is 0 Å². The van der Waals surface area contributed by atoms with Crippen molar-refractivity contribution in [2.45, 2.75) is 44.8 Å². The van der Waals surface area contributed by atoms with Gasteiger partial charge in [0, 0.05) is 44.2 Å². The molecule has 2 saturated heterocycles. The Kier molecular flexibility index (Phi) is 6.41. The van der Waals surface area contributed by atoms with Crippen LogP contribution in [0.5, 0.6) is 0 Å². The van der Waals surface area contributed by atoms with Crippen molar-refractivity contribution in [1.29, 1.82) is 0 Å². The van der Waals surface area contributed by atoms with Crippen LogP contribution in [0.4, 0.5) is 5.69 Å². The minimum Gasteiger partial charge on any atom is -0.380 e. The van der Waals surface area contributed by atoms with Gasteiger partial charge in [0.1, 0.15) is 6.04 Å². The number of allylic oxidation sites excluding steroid dienone is 3. The maximum Gasteiger partial charge on any atom is 0.264 e. The predicted molar refractivity (Wildman–Crippen MR) is 142 cm³/mol. The summed E-state index contributed by atoms with van der Waals surface area (Å²) in [6.07, 6.45) is 9.48. The molecule has 1 aliphatic carbocycles. The molecule has 4 aliphatic rings. The van der Waals surface area contributed by atoms with Crippen LogP contribution >= 0.6 is 0 Å². The van der Waals surface area contributed by atoms with E-state index in [1.807, 2.05) is 0 Å². The molecule has 8 heteroatoms. The van der Waals surface area contributed by atoms with E-state index in [0.29, 0.717) is 18.2 Å². The summed E-state index contributed by atoms with van der Waals surface area (Å²) in [5.74, 6) is -1.35. The molecule has 0 aromatic heterocycles. The number of nitrogens with one attached hydrogen (secondary N) is 2. The van der Waals surface area contributed by atoms with Crippen molar-refractivity contribution < 1.29 is 19.2 Å². The second-order valence-electron chi connectivity index (χ2n) is 10.4. The summed E-state index contributed by atoms with van der Waals surface area (Å²) in [6, 6.07) is 12.6. The number of piperidine rings is 1. The van der Waals surface area contributed by atoms with E-state index in [2.05, 4.69) is 58.0 Å². The second kappa shape index (κ2) is 10.0. The van der Waals surface area contributed by atoms with Crippen LogP contribution in [0, 0.1) is 5.92 Å². The monoisotopic (exact) mass is 510 g/mol. The Bertz CT molecular complexity index is 1370. The zero-order chi connectivity index (χ0) is 26.2. The highest BCUT2D eigenvalue weighted by atomic mass is 16.2. The van der Waals surface area contributed by atoms with E-state index in [-0.39, 0.29) is 29.9 Å². The Hall–Kier alpha value is -4.04. The van der Waals surface area contributed by atoms with E-state index in [4.69, 9.17) is 0 Å². The Balaban J connectivity index is 1.07. The van der Waals surface area contributed by atoms with Gasteiger partial charge in [-0.2, -0.15) is 0 Å². The fourth-order valence-corrected chi connectivity index (χ4v) is 5.73. The highest BCUT2D eigenvalue weighted by molar-refractivity contribution is 6.25. The minimum absolute atomic E-state index is 0.0959. The van der Waals surface area contributed by atoms with Gasteiger partial charge < -0.3 is 5.32 Å². The van der Waals surface area contributed by atoms with Gasteiger partial charge in [-0.15, -0.1) is 0 Å². The van der Waals surface area contributed by atoms with Gasteiger partial charge in [-0.1, -0.05) is 48.6 Å². The highest BCUT2D eigenvalue weighted by Gasteiger charge is 2.45. The van der Waals surface area contributed by atoms with E-state index in [1.165, 1.54) is 11.1 Å². The Labute approximate surface area is 221 Å². The number of carbonyl (C=O) groups is 4. The maximum absolute atomic E-state index is 13.3. The predicted octanol–water partition coefficient (Wildman–Crippen LogP) is 3.41. The van der Waals surface area contributed by atoms with Crippen molar-refractivity contribution in [3.05, 3.63) is 88.5 Å². The van der Waals surface area contributed by atoms with Crippen molar-refractivity contribution in [2.75, 3.05) is 18.4 Å². The summed E-state index contributed by atoms with van der Waals surface area (Å²) >= 11 is 0. The first-order valence-electron chi connectivity index (χ1n) is 13.2. The van der Waals surface area contributed by atoms with Crippen molar-refractivity contribution in [2.24, 2.45) is 5.92 Å². The molecule has 0 saturated carbocycles. The molecule has 2 aromatic rings. The number of hydrogen-bond acceptors (Lipinski definition) is 6. The number of amides is 4. The number of fused-ring (bicyclic) bond motifs is 1. The molecule has 1 unspecified atom stereocenters. The van der Waals surface area contributed by atoms with Crippen LogP contribution in [0.3, 0.4) is 0 Å². The zero-order valence-electron chi connectivity index (χ0n) is 21.1. The lowest BCUT2D eigenvalue weighted by molar-refractivity contribution is -0.136. The maximum atomic E-state index is 13.3. The van der Waals surface area contributed by atoms with Crippen LogP contribution in [0.1, 0.15) is 57.5 Å². The number of likely N-dealkylation sites (tertiary alicyclic amines) is 1. The molecule has 0 radical (unpaired) electrons. The molecule has 1 atom stereocenters. The Morgan fingerprint density at radius 1 is 0.921 bits per heavy atom.